The quantitative estimate of drug-likeness (QED) is 0.172. The van der Waals surface area contributed by atoms with E-state index in [1.807, 2.05) is 39.8 Å². The van der Waals surface area contributed by atoms with E-state index in [-0.39, 0.29) is 37.5 Å². The first-order valence-corrected chi connectivity index (χ1v) is 16.9. The standard InChI is InChI=1S/C35H42N4O7S/c1-8-22-19(5)34(44)39-28(22)15-26-18(4)24(11-13-32(42)43)30(37-26)16-29-23(10-12-31(40)41)17(3)25(36-29)14-27-20(6)33(35(45)38-27)21(7)47(46)9-2/h8,14-15,21,36-37H,1,9-13,16H2,2-7H3,(H,38,45)(H,39,44)(H,40,41)(H,42,43)/b27-14-,28-15-. The van der Waals surface area contributed by atoms with E-state index in [4.69, 9.17) is 0 Å². The minimum atomic E-state index is -1.20. The molecule has 0 bridgehead atoms. The molecule has 47 heavy (non-hydrogen) atoms. The van der Waals surface area contributed by atoms with Gasteiger partial charge < -0.3 is 30.8 Å². The maximum Gasteiger partial charge on any atom is 0.303 e. The molecule has 0 fully saturated rings. The van der Waals surface area contributed by atoms with Crippen LogP contribution in [0.1, 0.15) is 85.6 Å². The van der Waals surface area contributed by atoms with Crippen LogP contribution in [0.15, 0.2) is 46.3 Å². The monoisotopic (exact) mass is 662 g/mol. The van der Waals surface area contributed by atoms with E-state index >= 15 is 0 Å². The molecule has 2 unspecified atom stereocenters. The normalized spacial score (nSPS) is 17.9. The molecule has 4 rings (SSSR count). The highest BCUT2D eigenvalue weighted by Gasteiger charge is 2.31. The molecule has 0 aromatic carbocycles. The van der Waals surface area contributed by atoms with Crippen molar-refractivity contribution in [3.63, 3.8) is 0 Å². The molecule has 2 aliphatic rings. The van der Waals surface area contributed by atoms with Gasteiger partial charge in [0.25, 0.3) is 11.8 Å². The van der Waals surface area contributed by atoms with Crippen molar-refractivity contribution in [3.8, 4) is 0 Å². The summed E-state index contributed by atoms with van der Waals surface area (Å²) in [4.78, 5) is 55.3. The van der Waals surface area contributed by atoms with Crippen LogP contribution in [-0.4, -0.2) is 59.1 Å². The second-order valence-electron chi connectivity index (χ2n) is 11.8. The molecule has 0 radical (unpaired) electrons. The van der Waals surface area contributed by atoms with Crippen LogP contribution in [0.2, 0.25) is 0 Å². The molecular weight excluding hydrogens is 620 g/mol. The minimum absolute atomic E-state index is 0.0861. The molecule has 0 aliphatic carbocycles. The number of carbonyl (C=O) groups is 4. The molecule has 12 heteroatoms. The van der Waals surface area contributed by atoms with Gasteiger partial charge in [-0.1, -0.05) is 19.6 Å². The first-order chi connectivity index (χ1) is 22.2. The SMILES string of the molecule is C=CC1=C(C)C(=O)N/C1=C\c1[nH]c(Cc2[nH]c(/C=C3\NC(=O)C(C(C)S(=O)CC)=C3C)c(C)c2CCC(=O)O)c(CCC(=O)O)c1C. The molecule has 11 nitrogen and oxygen atoms in total. The molecule has 4 heterocycles. The number of aromatic amines is 2. The number of hydrogen-bond donors (Lipinski definition) is 6. The molecule has 250 valence electrons. The van der Waals surface area contributed by atoms with Gasteiger partial charge in [0.05, 0.1) is 10.9 Å². The average molecular weight is 663 g/mol. The Kier molecular flexibility index (Phi) is 10.7. The van der Waals surface area contributed by atoms with Crippen molar-refractivity contribution in [1.29, 1.82) is 0 Å². The van der Waals surface area contributed by atoms with E-state index in [0.29, 0.717) is 57.2 Å². The summed E-state index contributed by atoms with van der Waals surface area (Å²) in [6.07, 6.45) is 5.93. The van der Waals surface area contributed by atoms with Gasteiger partial charge in [-0.25, -0.2) is 0 Å². The Balaban J connectivity index is 1.80. The first kappa shape index (κ1) is 35.1. The van der Waals surface area contributed by atoms with Gasteiger partial charge in [-0.15, -0.1) is 0 Å². The number of allylic oxidation sites excluding steroid dienone is 2. The number of nitrogens with one attached hydrogen (secondary N) is 4. The molecule has 2 amide bonds. The fraction of sp³-hybridized carbons (Fsp3) is 0.371. The number of rotatable bonds is 14. The number of carboxylic acid groups (broad SMARTS) is 2. The van der Waals surface area contributed by atoms with Crippen LogP contribution in [-0.2, 0) is 49.2 Å². The molecule has 2 atom stereocenters. The lowest BCUT2D eigenvalue weighted by Crippen LogP contribution is -2.25. The van der Waals surface area contributed by atoms with Crippen molar-refractivity contribution in [2.24, 2.45) is 0 Å². The number of carbonyl (C=O) groups excluding carboxylic acids is 2. The summed E-state index contributed by atoms with van der Waals surface area (Å²) in [6, 6.07) is 0. The zero-order chi connectivity index (χ0) is 34.7. The Labute approximate surface area is 276 Å². The summed E-state index contributed by atoms with van der Waals surface area (Å²) in [5.74, 6) is -1.93. The predicted molar refractivity (Wildman–Crippen MR) is 182 cm³/mol. The number of hydrogen-bond acceptors (Lipinski definition) is 5. The van der Waals surface area contributed by atoms with Gasteiger partial charge >= 0.3 is 11.9 Å². The van der Waals surface area contributed by atoms with E-state index in [0.717, 1.165) is 33.6 Å². The average Bonchev–Trinajstić information content (AvgIpc) is 3.66. The predicted octanol–water partition coefficient (Wildman–Crippen LogP) is 4.50. The van der Waals surface area contributed by atoms with Crippen LogP contribution >= 0.6 is 0 Å². The number of amides is 2. The molecule has 0 saturated heterocycles. The Morgan fingerprint density at radius 3 is 1.79 bits per heavy atom. The fourth-order valence-corrected chi connectivity index (χ4v) is 7.28. The lowest BCUT2D eigenvalue weighted by molar-refractivity contribution is -0.138. The van der Waals surface area contributed by atoms with E-state index in [9.17, 15) is 33.6 Å². The Hall–Kier alpha value is -4.71. The van der Waals surface area contributed by atoms with Crippen LogP contribution in [0.25, 0.3) is 12.2 Å². The molecule has 2 aromatic heterocycles. The van der Waals surface area contributed by atoms with E-state index in [2.05, 4.69) is 27.2 Å². The fourth-order valence-electron chi connectivity index (χ4n) is 6.24. The zero-order valence-electron chi connectivity index (χ0n) is 27.6. The van der Waals surface area contributed by atoms with Crippen LogP contribution in [0.4, 0.5) is 0 Å². The highest BCUT2D eigenvalue weighted by Crippen LogP contribution is 2.32. The van der Waals surface area contributed by atoms with Gasteiger partial charge in [0.2, 0.25) is 0 Å². The van der Waals surface area contributed by atoms with Crippen LogP contribution in [0.3, 0.4) is 0 Å². The van der Waals surface area contributed by atoms with Crippen LogP contribution in [0.5, 0.6) is 0 Å². The number of H-pyrrole nitrogens is 2. The third-order valence-electron chi connectivity index (χ3n) is 8.99. The van der Waals surface area contributed by atoms with Gasteiger partial charge in [0, 0.05) is 81.0 Å². The summed E-state index contributed by atoms with van der Waals surface area (Å²) >= 11 is 0. The van der Waals surface area contributed by atoms with Crippen LogP contribution in [0, 0.1) is 13.8 Å². The van der Waals surface area contributed by atoms with Crippen molar-refractivity contribution in [2.75, 3.05) is 5.75 Å². The summed E-state index contributed by atoms with van der Waals surface area (Å²) < 4.78 is 12.5. The largest absolute Gasteiger partial charge is 0.481 e. The highest BCUT2D eigenvalue weighted by atomic mass is 32.2. The maximum atomic E-state index is 12.9. The lowest BCUT2D eigenvalue weighted by Gasteiger charge is -2.10. The van der Waals surface area contributed by atoms with Crippen molar-refractivity contribution in [3.05, 3.63) is 91.4 Å². The molecular formula is C35H42N4O7S. The lowest BCUT2D eigenvalue weighted by atomic mass is 9.98. The summed E-state index contributed by atoms with van der Waals surface area (Å²) in [7, 11) is -1.20. The number of aromatic nitrogens is 2. The minimum Gasteiger partial charge on any atom is -0.481 e. The molecule has 2 aromatic rings. The summed E-state index contributed by atoms with van der Waals surface area (Å²) in [5, 5.41) is 24.3. The van der Waals surface area contributed by atoms with E-state index < -0.39 is 28.0 Å². The van der Waals surface area contributed by atoms with Crippen molar-refractivity contribution in [1.82, 2.24) is 20.6 Å². The van der Waals surface area contributed by atoms with Gasteiger partial charge in [-0.2, -0.15) is 0 Å². The molecule has 0 saturated carbocycles. The third kappa shape index (κ3) is 7.32. The van der Waals surface area contributed by atoms with Gasteiger partial charge in [-0.3, -0.25) is 23.4 Å². The second-order valence-corrected chi connectivity index (χ2v) is 13.9. The number of aliphatic carboxylic acids is 2. The second kappa shape index (κ2) is 14.4. The Morgan fingerprint density at radius 2 is 1.32 bits per heavy atom. The Morgan fingerprint density at radius 1 is 0.830 bits per heavy atom. The smallest absolute Gasteiger partial charge is 0.303 e. The van der Waals surface area contributed by atoms with E-state index in [1.54, 1.807) is 19.9 Å². The molecule has 6 N–H and O–H groups in total. The van der Waals surface area contributed by atoms with Crippen molar-refractivity contribution < 1.29 is 33.6 Å². The summed E-state index contributed by atoms with van der Waals surface area (Å²) in [5.41, 5.74) is 9.86. The van der Waals surface area contributed by atoms with Crippen molar-refractivity contribution >= 4 is 46.7 Å². The molecule has 2 aliphatic heterocycles. The molecule has 0 spiro atoms. The third-order valence-corrected chi connectivity index (χ3v) is 10.6. The van der Waals surface area contributed by atoms with Gasteiger partial charge in [-0.05, 0) is 87.4 Å². The zero-order valence-corrected chi connectivity index (χ0v) is 28.4. The van der Waals surface area contributed by atoms with Crippen LogP contribution < -0.4 is 10.6 Å². The van der Waals surface area contributed by atoms with Gasteiger partial charge in [0.15, 0.2) is 0 Å². The number of carboxylic acids is 2. The van der Waals surface area contributed by atoms with Gasteiger partial charge in [0.1, 0.15) is 0 Å². The topological polar surface area (TPSA) is 181 Å². The highest BCUT2D eigenvalue weighted by molar-refractivity contribution is 7.85. The van der Waals surface area contributed by atoms with E-state index in [1.165, 1.54) is 0 Å². The Bertz CT molecular complexity index is 1830. The maximum absolute atomic E-state index is 12.9. The summed E-state index contributed by atoms with van der Waals surface area (Å²) in [6.45, 7) is 14.8. The first-order valence-electron chi connectivity index (χ1n) is 15.5. The van der Waals surface area contributed by atoms with Crippen molar-refractivity contribution in [2.45, 2.75) is 78.9 Å².